The molecule has 0 saturated carbocycles. The van der Waals surface area contributed by atoms with E-state index in [0.29, 0.717) is 6.54 Å². The first-order chi connectivity index (χ1) is 12.0. The number of rotatable bonds is 6. The number of carbonyl (C=O) groups excluding carboxylic acids is 3. The zero-order chi connectivity index (χ0) is 18.3. The van der Waals surface area contributed by atoms with Crippen LogP contribution >= 0.6 is 0 Å². The number of hydrogen-bond acceptors (Lipinski definition) is 6. The molecule has 6 nitrogen and oxygen atoms in total. The monoisotopic (exact) mass is 351 g/mol. The van der Waals surface area contributed by atoms with Crippen molar-refractivity contribution in [1.29, 1.82) is 0 Å². The van der Waals surface area contributed by atoms with Crippen LogP contribution in [0.3, 0.4) is 0 Å². The zero-order valence-corrected chi connectivity index (χ0v) is 14.2. The largest absolute Gasteiger partial charge is 0.463 e. The second-order valence-corrected chi connectivity index (χ2v) is 5.91. The van der Waals surface area contributed by atoms with Gasteiger partial charge >= 0.3 is 11.9 Å². The molecule has 1 atom stereocenters. The Hall–Kier alpha value is -2.28. The number of esters is 2. The molecule has 1 aliphatic rings. The maximum atomic E-state index is 14.7. The molecule has 1 saturated heterocycles. The molecule has 0 spiro atoms. The molecule has 136 valence electrons. The van der Waals surface area contributed by atoms with E-state index in [1.165, 1.54) is 4.90 Å². The van der Waals surface area contributed by atoms with Crippen molar-refractivity contribution in [2.24, 2.45) is 0 Å². The summed E-state index contributed by atoms with van der Waals surface area (Å²) in [4.78, 5) is 37.3. The summed E-state index contributed by atoms with van der Waals surface area (Å²) in [5.74, 6) is -2.52. The summed E-state index contributed by atoms with van der Waals surface area (Å²) in [6.07, 6.45) is 0.0350. The Bertz CT molecular complexity index is 621. The second-order valence-electron chi connectivity index (χ2n) is 5.91. The van der Waals surface area contributed by atoms with Gasteiger partial charge in [-0.15, -0.1) is 0 Å². The molecule has 1 fully saturated rings. The molecular formula is C18H22FNO5. The molecule has 1 aliphatic heterocycles. The van der Waals surface area contributed by atoms with Crippen LogP contribution < -0.4 is 0 Å². The lowest BCUT2D eigenvalue weighted by Gasteiger charge is -2.20. The molecule has 0 aliphatic carbocycles. The van der Waals surface area contributed by atoms with Gasteiger partial charge in [0.25, 0.3) is 5.67 Å². The van der Waals surface area contributed by atoms with E-state index in [2.05, 4.69) is 4.74 Å². The summed E-state index contributed by atoms with van der Waals surface area (Å²) in [5.41, 5.74) is -1.77. The number of ether oxygens (including phenoxy) is 2. The summed E-state index contributed by atoms with van der Waals surface area (Å²) in [6.45, 7) is 1.58. The van der Waals surface area contributed by atoms with Crippen LogP contribution in [0.1, 0.15) is 25.3 Å². The minimum atomic E-state index is -2.63. The number of nitrogens with zero attached hydrogens (tertiary/aromatic N) is 1. The van der Waals surface area contributed by atoms with Crippen molar-refractivity contribution >= 4 is 17.7 Å². The Balaban J connectivity index is 1.88. The van der Waals surface area contributed by atoms with E-state index >= 15 is 0 Å². The number of carbonyl (C=O) groups is 3. The summed E-state index contributed by atoms with van der Waals surface area (Å²) in [5, 5.41) is 0. The van der Waals surface area contributed by atoms with Crippen molar-refractivity contribution in [1.82, 2.24) is 4.90 Å². The maximum Gasteiger partial charge on any atom is 0.351 e. The van der Waals surface area contributed by atoms with Gasteiger partial charge in [-0.3, -0.25) is 14.5 Å². The van der Waals surface area contributed by atoms with Gasteiger partial charge in [0.05, 0.1) is 19.7 Å². The number of benzene rings is 1. The Kier molecular flexibility index (Phi) is 6.64. The maximum absolute atomic E-state index is 14.7. The summed E-state index contributed by atoms with van der Waals surface area (Å²) in [6, 6.07) is 9.21. The van der Waals surface area contributed by atoms with Gasteiger partial charge in [-0.2, -0.15) is 0 Å². The van der Waals surface area contributed by atoms with Crippen molar-refractivity contribution in [2.75, 3.05) is 26.2 Å². The van der Waals surface area contributed by atoms with Gasteiger partial charge in [0.1, 0.15) is 6.61 Å². The molecule has 0 bridgehead atoms. The van der Waals surface area contributed by atoms with E-state index in [-0.39, 0.29) is 39.1 Å². The van der Waals surface area contributed by atoms with Gasteiger partial charge in [-0.05, 0) is 25.5 Å². The van der Waals surface area contributed by atoms with E-state index in [9.17, 15) is 18.8 Å². The zero-order valence-electron chi connectivity index (χ0n) is 14.2. The third kappa shape index (κ3) is 5.09. The fourth-order valence-electron chi connectivity index (χ4n) is 2.66. The fraction of sp³-hybridized carbons (Fsp3) is 0.500. The van der Waals surface area contributed by atoms with Gasteiger partial charge < -0.3 is 9.47 Å². The van der Waals surface area contributed by atoms with Crippen LogP contribution in [0.5, 0.6) is 0 Å². The lowest BCUT2D eigenvalue weighted by molar-refractivity contribution is -0.162. The quantitative estimate of drug-likeness (QED) is 0.573. The van der Waals surface area contributed by atoms with E-state index in [4.69, 9.17) is 4.74 Å². The highest BCUT2D eigenvalue weighted by atomic mass is 19.1. The molecule has 1 aromatic rings. The number of hydrogen-bond donors (Lipinski definition) is 0. The van der Waals surface area contributed by atoms with Crippen molar-refractivity contribution in [3.63, 3.8) is 0 Å². The van der Waals surface area contributed by atoms with Crippen LogP contribution in [0.15, 0.2) is 30.3 Å². The van der Waals surface area contributed by atoms with Crippen LogP contribution in [0.25, 0.3) is 0 Å². The predicted octanol–water partition coefficient (Wildman–Crippen LogP) is 1.67. The molecule has 1 heterocycles. The van der Waals surface area contributed by atoms with Crippen LogP contribution in [-0.2, 0) is 30.5 Å². The van der Waals surface area contributed by atoms with Gasteiger partial charge in [0.15, 0.2) is 5.78 Å². The van der Waals surface area contributed by atoms with Gasteiger partial charge in [0.2, 0.25) is 0 Å². The van der Waals surface area contributed by atoms with Gasteiger partial charge in [0, 0.05) is 6.42 Å². The first-order valence-electron chi connectivity index (χ1n) is 8.27. The van der Waals surface area contributed by atoms with Crippen LogP contribution in [0.4, 0.5) is 4.39 Å². The lowest BCUT2D eigenvalue weighted by Crippen LogP contribution is -2.46. The van der Waals surface area contributed by atoms with Crippen molar-refractivity contribution in [3.05, 3.63) is 35.9 Å². The standard InChI is InChI=1S/C18H22FNO5/c1-2-24-17(23)18(19)9-6-10-20(11-15(18)21)12-16(22)25-13-14-7-4-3-5-8-14/h3-5,7-8H,2,6,9-13H2,1H3. The molecule has 25 heavy (non-hydrogen) atoms. The molecule has 0 aromatic heterocycles. The Morgan fingerprint density at radius 1 is 1.24 bits per heavy atom. The predicted molar refractivity (Wildman–Crippen MR) is 87.4 cm³/mol. The first-order valence-corrected chi connectivity index (χ1v) is 8.27. The Labute approximate surface area is 145 Å². The van der Waals surface area contributed by atoms with E-state index in [1.807, 2.05) is 30.3 Å². The SMILES string of the molecule is CCOC(=O)C1(F)CCCN(CC(=O)OCc2ccccc2)CC1=O. The van der Waals surface area contributed by atoms with Gasteiger partial charge in [-0.25, -0.2) is 9.18 Å². The average Bonchev–Trinajstić information content (AvgIpc) is 2.74. The molecule has 0 radical (unpaired) electrons. The normalized spacial score (nSPS) is 21.4. The third-order valence-electron chi connectivity index (χ3n) is 4.00. The number of halogens is 1. The van der Waals surface area contributed by atoms with Gasteiger partial charge in [-0.1, -0.05) is 30.3 Å². The average molecular weight is 351 g/mol. The summed E-state index contributed by atoms with van der Waals surface area (Å²) < 4.78 is 24.6. The molecule has 1 unspecified atom stereocenters. The van der Waals surface area contributed by atoms with Crippen LogP contribution in [0, 0.1) is 0 Å². The highest BCUT2D eigenvalue weighted by molar-refractivity contribution is 6.08. The molecule has 1 aromatic carbocycles. The smallest absolute Gasteiger partial charge is 0.351 e. The Morgan fingerprint density at radius 2 is 1.96 bits per heavy atom. The minimum absolute atomic E-state index is 0.00725. The summed E-state index contributed by atoms with van der Waals surface area (Å²) >= 11 is 0. The van der Waals surface area contributed by atoms with Crippen molar-refractivity contribution in [2.45, 2.75) is 32.0 Å². The molecule has 0 amide bonds. The minimum Gasteiger partial charge on any atom is -0.463 e. The fourth-order valence-corrected chi connectivity index (χ4v) is 2.66. The Morgan fingerprint density at radius 3 is 2.64 bits per heavy atom. The highest BCUT2D eigenvalue weighted by Crippen LogP contribution is 2.25. The van der Waals surface area contributed by atoms with E-state index < -0.39 is 23.4 Å². The summed E-state index contributed by atoms with van der Waals surface area (Å²) in [7, 11) is 0. The van der Waals surface area contributed by atoms with Crippen LogP contribution in [-0.4, -0.2) is 54.5 Å². The molecule has 0 N–H and O–H groups in total. The number of alkyl halides is 1. The number of likely N-dealkylation sites (tertiary alicyclic amines) is 1. The van der Waals surface area contributed by atoms with E-state index in [0.717, 1.165) is 5.56 Å². The van der Waals surface area contributed by atoms with Crippen molar-refractivity contribution in [3.8, 4) is 0 Å². The van der Waals surface area contributed by atoms with E-state index in [1.54, 1.807) is 6.92 Å². The lowest BCUT2D eigenvalue weighted by atomic mass is 9.96. The topological polar surface area (TPSA) is 72.9 Å². The first kappa shape index (κ1) is 19.1. The second kappa shape index (κ2) is 8.71. The number of ketones is 1. The highest BCUT2D eigenvalue weighted by Gasteiger charge is 2.49. The third-order valence-corrected chi connectivity index (χ3v) is 4.00. The molecule has 2 rings (SSSR count). The number of Topliss-reactive ketones (excluding diaryl/α,β-unsaturated/α-hetero) is 1. The molecule has 7 heteroatoms. The van der Waals surface area contributed by atoms with Crippen molar-refractivity contribution < 1.29 is 28.2 Å². The van der Waals surface area contributed by atoms with Crippen LogP contribution in [0.2, 0.25) is 0 Å². The molecular weight excluding hydrogens is 329 g/mol.